The van der Waals surface area contributed by atoms with Gasteiger partial charge in [0.2, 0.25) is 0 Å². The van der Waals surface area contributed by atoms with Crippen LogP contribution in [0.1, 0.15) is 127 Å². The summed E-state index contributed by atoms with van der Waals surface area (Å²) < 4.78 is 44.1. The van der Waals surface area contributed by atoms with Crippen LogP contribution in [0.4, 0.5) is 0 Å². The molecule has 5 aliphatic carbocycles. The Labute approximate surface area is 373 Å². The molecule has 0 unspecified atom stereocenters. The van der Waals surface area contributed by atoms with Crippen LogP contribution >= 0.6 is 0 Å². The lowest BCUT2D eigenvalue weighted by atomic mass is 9.31. The van der Waals surface area contributed by atoms with Crippen molar-refractivity contribution in [3.8, 4) is 0 Å². The van der Waals surface area contributed by atoms with Gasteiger partial charge in [0.25, 0.3) is 0 Å². The van der Waals surface area contributed by atoms with Crippen LogP contribution in [0.25, 0.3) is 0 Å². The van der Waals surface area contributed by atoms with Crippen molar-refractivity contribution < 1.29 is 74.0 Å². The molecule has 9 aliphatic rings. The molecule has 8 N–H and O–H groups in total. The molecule has 0 amide bonds. The quantitative estimate of drug-likeness (QED) is 0.172. The molecule has 4 saturated heterocycles. The van der Waals surface area contributed by atoms with E-state index in [2.05, 4.69) is 48.5 Å². The van der Waals surface area contributed by atoms with E-state index in [-0.39, 0.29) is 33.2 Å². The number of fused-ring (bicyclic) bond motifs is 5. The summed E-state index contributed by atoms with van der Waals surface area (Å²) in [7, 11) is 0. The molecule has 0 aromatic rings. The van der Waals surface area contributed by atoms with Crippen LogP contribution < -0.4 is 0 Å². The molecule has 0 radical (unpaired) electrons. The Kier molecular flexibility index (Phi) is 12.2. The van der Waals surface area contributed by atoms with Crippen molar-refractivity contribution in [2.75, 3.05) is 13.2 Å². The van der Waals surface area contributed by atoms with E-state index in [1.165, 1.54) is 52.4 Å². The van der Waals surface area contributed by atoms with E-state index in [0.29, 0.717) is 41.6 Å². The molecule has 2 bridgehead atoms. The molecule has 63 heavy (non-hydrogen) atoms. The van der Waals surface area contributed by atoms with Gasteiger partial charge in [-0.15, -0.1) is 0 Å². The van der Waals surface area contributed by atoms with Gasteiger partial charge < -0.3 is 74.0 Å². The van der Waals surface area contributed by atoms with Crippen molar-refractivity contribution in [1.29, 1.82) is 0 Å². The molecule has 9 fully saturated rings. The van der Waals surface area contributed by atoms with Gasteiger partial charge in [-0.3, -0.25) is 0 Å². The summed E-state index contributed by atoms with van der Waals surface area (Å²) in [6.07, 6.45) is -10.1. The Morgan fingerprint density at radius 3 is 1.76 bits per heavy atom. The fraction of sp³-hybridized carbons (Fsp3) is 1.00. The zero-order valence-corrected chi connectivity index (χ0v) is 39.0. The minimum absolute atomic E-state index is 0.0411. The summed E-state index contributed by atoms with van der Waals surface area (Å²) in [4.78, 5) is 0. The van der Waals surface area contributed by atoms with E-state index in [1.54, 1.807) is 0 Å². The highest BCUT2D eigenvalue weighted by atomic mass is 16.8. The summed E-state index contributed by atoms with van der Waals surface area (Å²) in [5.41, 5.74) is 0.589. The Hall–Kier alpha value is -0.600. The fourth-order valence-electron chi connectivity index (χ4n) is 16.4. The Morgan fingerprint density at radius 1 is 0.540 bits per heavy atom. The average Bonchev–Trinajstić information content (AvgIpc) is 3.57. The predicted octanol–water partition coefficient (Wildman–Crippen LogP) is 2.77. The summed E-state index contributed by atoms with van der Waals surface area (Å²) in [6, 6.07) is 0. The smallest absolute Gasteiger partial charge is 0.187 e. The van der Waals surface area contributed by atoms with Crippen molar-refractivity contribution in [2.45, 2.75) is 231 Å². The van der Waals surface area contributed by atoms with Crippen molar-refractivity contribution in [3.63, 3.8) is 0 Å². The van der Waals surface area contributed by atoms with Crippen LogP contribution in [0, 0.1) is 56.2 Å². The molecule has 15 heteroatoms. The van der Waals surface area contributed by atoms with E-state index in [1.807, 2.05) is 0 Å². The van der Waals surface area contributed by atoms with E-state index in [4.69, 9.17) is 33.2 Å². The number of hydrogen-bond donors (Lipinski definition) is 8. The number of aliphatic hydroxyl groups excluding tert-OH is 8. The first-order valence-corrected chi connectivity index (χ1v) is 24.4. The Morgan fingerprint density at radius 2 is 1.14 bits per heavy atom. The highest BCUT2D eigenvalue weighted by Crippen LogP contribution is 2.78. The van der Waals surface area contributed by atoms with Crippen LogP contribution in [-0.4, -0.2) is 158 Å². The van der Waals surface area contributed by atoms with Crippen LogP contribution in [0.15, 0.2) is 0 Å². The number of ether oxygens (including phenoxy) is 7. The third kappa shape index (κ3) is 7.04. The zero-order valence-electron chi connectivity index (χ0n) is 39.0. The third-order valence-electron chi connectivity index (χ3n) is 20.4. The molecule has 9 rings (SSSR count). The summed E-state index contributed by atoms with van der Waals surface area (Å²) >= 11 is 0. The maximum Gasteiger partial charge on any atom is 0.187 e. The lowest BCUT2D eigenvalue weighted by molar-refractivity contribution is -0.393. The van der Waals surface area contributed by atoms with Gasteiger partial charge in [0.05, 0.1) is 37.6 Å². The fourth-order valence-corrected chi connectivity index (χ4v) is 16.4. The van der Waals surface area contributed by atoms with E-state index >= 15 is 0 Å². The van der Waals surface area contributed by atoms with Crippen LogP contribution in [0.5, 0.6) is 0 Å². The van der Waals surface area contributed by atoms with Gasteiger partial charge in [0.15, 0.2) is 18.9 Å². The molecule has 0 aromatic heterocycles. The topological polar surface area (TPSA) is 226 Å². The lowest BCUT2D eigenvalue weighted by Gasteiger charge is -2.73. The van der Waals surface area contributed by atoms with Gasteiger partial charge in [0, 0.05) is 0 Å². The second-order valence-corrected chi connectivity index (χ2v) is 24.0. The van der Waals surface area contributed by atoms with Gasteiger partial charge in [-0.2, -0.15) is 0 Å². The lowest BCUT2D eigenvalue weighted by Crippen LogP contribution is -2.69. The Balaban J connectivity index is 0.967. The summed E-state index contributed by atoms with van der Waals surface area (Å²) in [5, 5.41) is 86.7. The molecule has 25 atom stereocenters. The van der Waals surface area contributed by atoms with Crippen molar-refractivity contribution >= 4 is 0 Å². The van der Waals surface area contributed by atoms with Gasteiger partial charge in [-0.05, 0) is 134 Å². The molecule has 0 spiro atoms. The minimum Gasteiger partial charge on any atom is -0.394 e. The van der Waals surface area contributed by atoms with E-state index in [0.717, 1.165) is 25.9 Å². The zero-order chi connectivity index (χ0) is 45.6. The minimum atomic E-state index is -1.71. The molecule has 362 valence electrons. The van der Waals surface area contributed by atoms with Crippen LogP contribution in [-0.2, 0) is 33.2 Å². The highest BCUT2D eigenvalue weighted by Gasteiger charge is 2.73. The molecule has 5 saturated carbocycles. The second-order valence-electron chi connectivity index (χ2n) is 24.0. The molecule has 4 aliphatic heterocycles. The highest BCUT2D eigenvalue weighted by molar-refractivity contribution is 5.21. The van der Waals surface area contributed by atoms with Gasteiger partial charge in [-0.1, -0.05) is 48.5 Å². The number of aliphatic hydroxyl groups is 8. The molecular formula is C48H80O15. The number of rotatable bonds is 7. The molecule has 15 nitrogen and oxygen atoms in total. The standard InChI is InChI=1S/C48H80O15/c1-22-30(50)32(52)34(54)40(58-22)62-37-25(20-49)60-42(38(36(37)56)63-41-35(55)33(53)31(51)23(2)59-41)61-28-13-14-45(7)26(44(28,5)6)12-15-47(9)27(45)11-10-24-29-39-43(3,4)16-18-48(29,21-57-39)19-17-46(24,47)8/h22-42,49-56H,10-21H2,1-9H3/t22-,23-,24+,25+,26-,27+,28-,29-,30-,31-,32+,33+,34+,35+,36-,37+,38+,39+,40-,41-,42-,45-,46+,47+,48+/m0/s1. The normalized spacial score (nSPS) is 58.5. The largest absolute Gasteiger partial charge is 0.394 e. The van der Waals surface area contributed by atoms with Gasteiger partial charge in [-0.25, -0.2) is 0 Å². The first kappa shape index (κ1) is 47.5. The summed E-state index contributed by atoms with van der Waals surface area (Å²) in [6.45, 7) is 20.6. The molecule has 4 heterocycles. The van der Waals surface area contributed by atoms with Crippen molar-refractivity contribution in [2.24, 2.45) is 56.2 Å². The maximum atomic E-state index is 12.2. The van der Waals surface area contributed by atoms with Crippen LogP contribution in [0.2, 0.25) is 0 Å². The predicted molar refractivity (Wildman–Crippen MR) is 225 cm³/mol. The average molecular weight is 897 g/mol. The van der Waals surface area contributed by atoms with Gasteiger partial charge >= 0.3 is 0 Å². The first-order valence-electron chi connectivity index (χ1n) is 24.4. The monoisotopic (exact) mass is 897 g/mol. The maximum absolute atomic E-state index is 12.2. The number of hydrogen-bond acceptors (Lipinski definition) is 15. The summed E-state index contributed by atoms with van der Waals surface area (Å²) in [5.74, 6) is 2.11. The van der Waals surface area contributed by atoms with Crippen molar-refractivity contribution in [1.82, 2.24) is 0 Å². The van der Waals surface area contributed by atoms with E-state index < -0.39 is 98.7 Å². The van der Waals surface area contributed by atoms with E-state index in [9.17, 15) is 40.9 Å². The third-order valence-corrected chi connectivity index (χ3v) is 20.4. The molecule has 0 aromatic carbocycles. The van der Waals surface area contributed by atoms with Crippen LogP contribution in [0.3, 0.4) is 0 Å². The Bertz CT molecular complexity index is 1670. The second kappa shape index (κ2) is 16.3. The van der Waals surface area contributed by atoms with Gasteiger partial charge in [0.1, 0.15) is 61.0 Å². The first-order chi connectivity index (χ1) is 29.5. The SMILES string of the molecule is C[C@@H]1O[C@@H](O[C@H]2[C@H](O[C@H]3CC[C@]4(C)[C@H]5CC[C@@H]6[C@H]7[C@H]8OC[C@@]7(CCC8(C)C)CC[C@@]6(C)[C@]5(C)CC[C@H]4C3(C)C)O[C@H](CO)[C@@H](O[C@@H]3O[C@@H](C)[C@H](O)[C@@H](O)[C@H]3O)[C@@H]2O)[C@H](O)[C@H](O)[C@H]1O. The molecular weight excluding hydrogens is 817 g/mol. The van der Waals surface area contributed by atoms with Crippen molar-refractivity contribution in [3.05, 3.63) is 0 Å².